The molecule has 1 aromatic heterocycles. The lowest BCUT2D eigenvalue weighted by Crippen LogP contribution is -2.34. The Morgan fingerprint density at radius 3 is 2.77 bits per heavy atom. The van der Waals surface area contributed by atoms with Crippen LogP contribution in [0.15, 0.2) is 35.7 Å². The van der Waals surface area contributed by atoms with Gasteiger partial charge in [0, 0.05) is 29.6 Å². The average Bonchev–Trinajstić information content (AvgIpc) is 3.31. The maximum atomic E-state index is 12.0. The smallest absolute Gasteiger partial charge is 0.313 e. The van der Waals surface area contributed by atoms with Crippen LogP contribution in [0.4, 0.5) is 11.4 Å². The highest BCUT2D eigenvalue weighted by molar-refractivity contribution is 7.09. The quantitative estimate of drug-likeness (QED) is 0.786. The Balaban J connectivity index is 1.64. The number of rotatable bonds is 5. The number of benzene rings is 1. The maximum Gasteiger partial charge on any atom is 0.313 e. The van der Waals surface area contributed by atoms with Gasteiger partial charge in [-0.15, -0.1) is 11.3 Å². The molecule has 7 nitrogen and oxygen atoms in total. The van der Waals surface area contributed by atoms with E-state index in [-0.39, 0.29) is 5.91 Å². The van der Waals surface area contributed by atoms with Crippen LogP contribution in [0.25, 0.3) is 0 Å². The van der Waals surface area contributed by atoms with E-state index < -0.39 is 11.8 Å². The number of anilines is 2. The fourth-order valence-electron chi connectivity index (χ4n) is 2.73. The van der Waals surface area contributed by atoms with Crippen LogP contribution < -0.4 is 20.3 Å². The second-order valence-corrected chi connectivity index (χ2v) is 6.78. The zero-order chi connectivity index (χ0) is 18.5. The Kier molecular flexibility index (Phi) is 5.52. The Morgan fingerprint density at radius 1 is 1.27 bits per heavy atom. The first-order chi connectivity index (χ1) is 12.6. The molecule has 136 valence electrons. The zero-order valence-electron chi connectivity index (χ0n) is 14.3. The Hall–Kier alpha value is -2.87. The van der Waals surface area contributed by atoms with Crippen molar-refractivity contribution in [2.24, 2.45) is 0 Å². The van der Waals surface area contributed by atoms with Gasteiger partial charge in [0.15, 0.2) is 0 Å². The number of carbonyl (C=O) groups is 3. The van der Waals surface area contributed by atoms with E-state index in [2.05, 4.69) is 10.6 Å². The van der Waals surface area contributed by atoms with Gasteiger partial charge in [0.1, 0.15) is 5.75 Å². The lowest BCUT2D eigenvalue weighted by atomic mass is 10.2. The first-order valence-corrected chi connectivity index (χ1v) is 9.06. The molecule has 3 rings (SSSR count). The predicted octanol–water partition coefficient (Wildman–Crippen LogP) is 2.14. The monoisotopic (exact) mass is 373 g/mol. The summed E-state index contributed by atoms with van der Waals surface area (Å²) < 4.78 is 5.34. The molecule has 0 radical (unpaired) electrons. The van der Waals surface area contributed by atoms with Crippen molar-refractivity contribution in [3.63, 3.8) is 0 Å². The van der Waals surface area contributed by atoms with Gasteiger partial charge in [0.25, 0.3) is 0 Å². The molecule has 1 fully saturated rings. The van der Waals surface area contributed by atoms with Crippen molar-refractivity contribution < 1.29 is 19.1 Å². The largest absolute Gasteiger partial charge is 0.494 e. The van der Waals surface area contributed by atoms with Gasteiger partial charge in [0.2, 0.25) is 5.91 Å². The van der Waals surface area contributed by atoms with Crippen molar-refractivity contribution in [1.29, 1.82) is 0 Å². The number of methoxy groups -OCH3 is 1. The summed E-state index contributed by atoms with van der Waals surface area (Å²) in [6, 6.07) is 8.72. The molecule has 1 aliphatic heterocycles. The first-order valence-electron chi connectivity index (χ1n) is 8.18. The molecule has 1 saturated heterocycles. The van der Waals surface area contributed by atoms with Gasteiger partial charge in [-0.25, -0.2) is 0 Å². The van der Waals surface area contributed by atoms with Gasteiger partial charge in [-0.2, -0.15) is 0 Å². The first kappa shape index (κ1) is 17.9. The normalized spacial score (nSPS) is 13.6. The van der Waals surface area contributed by atoms with Crippen LogP contribution in [0.5, 0.6) is 5.75 Å². The summed E-state index contributed by atoms with van der Waals surface area (Å²) in [5.41, 5.74) is 1.09. The number of amides is 3. The van der Waals surface area contributed by atoms with Crippen molar-refractivity contribution in [2.75, 3.05) is 23.9 Å². The molecule has 0 saturated carbocycles. The van der Waals surface area contributed by atoms with Crippen molar-refractivity contribution in [3.8, 4) is 5.75 Å². The van der Waals surface area contributed by atoms with Gasteiger partial charge in [-0.3, -0.25) is 14.4 Å². The third-order valence-corrected chi connectivity index (χ3v) is 4.89. The third kappa shape index (κ3) is 4.02. The van der Waals surface area contributed by atoms with Crippen molar-refractivity contribution in [2.45, 2.75) is 19.4 Å². The standard InChI is InChI=1S/C18H19N3O4S/c1-25-15-10-12(6-7-14(15)21-8-2-5-16(21)22)20-18(24)17(23)19-11-13-4-3-9-26-13/h3-4,6-7,9-10H,2,5,8,11H2,1H3,(H,19,23)(H,20,24). The maximum absolute atomic E-state index is 12.0. The molecule has 0 atom stereocenters. The molecule has 3 amide bonds. The number of thiophene rings is 1. The zero-order valence-corrected chi connectivity index (χ0v) is 15.1. The SMILES string of the molecule is COc1cc(NC(=O)C(=O)NCc2cccs2)ccc1N1CCCC1=O. The van der Waals surface area contributed by atoms with Crippen LogP contribution in [-0.2, 0) is 20.9 Å². The van der Waals surface area contributed by atoms with Crippen LogP contribution in [0.1, 0.15) is 17.7 Å². The highest BCUT2D eigenvalue weighted by atomic mass is 32.1. The summed E-state index contributed by atoms with van der Waals surface area (Å²) in [6.45, 7) is 0.954. The minimum absolute atomic E-state index is 0.0491. The molecular weight excluding hydrogens is 354 g/mol. The van der Waals surface area contributed by atoms with Crippen molar-refractivity contribution in [3.05, 3.63) is 40.6 Å². The summed E-state index contributed by atoms with van der Waals surface area (Å²) in [7, 11) is 1.50. The van der Waals surface area contributed by atoms with E-state index in [1.54, 1.807) is 23.1 Å². The van der Waals surface area contributed by atoms with Gasteiger partial charge >= 0.3 is 11.8 Å². The van der Waals surface area contributed by atoms with E-state index in [0.717, 1.165) is 11.3 Å². The molecular formula is C18H19N3O4S. The van der Waals surface area contributed by atoms with Gasteiger partial charge in [-0.05, 0) is 30.0 Å². The summed E-state index contributed by atoms with van der Waals surface area (Å²) >= 11 is 1.50. The summed E-state index contributed by atoms with van der Waals surface area (Å²) in [6.07, 6.45) is 1.33. The van der Waals surface area contributed by atoms with Gasteiger partial charge in [-0.1, -0.05) is 6.07 Å². The summed E-state index contributed by atoms with van der Waals surface area (Å²) in [5.74, 6) is -0.949. The van der Waals surface area contributed by atoms with Crippen LogP contribution >= 0.6 is 11.3 Å². The summed E-state index contributed by atoms with van der Waals surface area (Å²) in [4.78, 5) is 38.5. The second-order valence-electron chi connectivity index (χ2n) is 5.75. The molecule has 2 N–H and O–H groups in total. The number of hydrogen-bond acceptors (Lipinski definition) is 5. The van der Waals surface area contributed by atoms with E-state index in [9.17, 15) is 14.4 Å². The molecule has 0 unspecified atom stereocenters. The Bertz CT molecular complexity index is 820. The van der Waals surface area contributed by atoms with E-state index in [1.807, 2.05) is 17.5 Å². The van der Waals surface area contributed by atoms with Gasteiger partial charge in [0.05, 0.1) is 19.3 Å². The van der Waals surface area contributed by atoms with Gasteiger partial charge < -0.3 is 20.3 Å². The fraction of sp³-hybridized carbons (Fsp3) is 0.278. The fourth-order valence-corrected chi connectivity index (χ4v) is 3.37. The summed E-state index contributed by atoms with van der Waals surface area (Å²) in [5, 5.41) is 7.02. The second kappa shape index (κ2) is 8.01. The van der Waals surface area contributed by atoms with Crippen LogP contribution in [0, 0.1) is 0 Å². The topological polar surface area (TPSA) is 87.7 Å². The van der Waals surface area contributed by atoms with Crippen LogP contribution in [0.3, 0.4) is 0 Å². The van der Waals surface area contributed by atoms with Crippen LogP contribution in [-0.4, -0.2) is 31.4 Å². The molecule has 0 spiro atoms. The highest BCUT2D eigenvalue weighted by Gasteiger charge is 2.25. The van der Waals surface area contributed by atoms with E-state index in [4.69, 9.17) is 4.74 Å². The molecule has 1 aliphatic rings. The minimum atomic E-state index is -0.756. The molecule has 26 heavy (non-hydrogen) atoms. The minimum Gasteiger partial charge on any atom is -0.494 e. The molecule has 2 aromatic rings. The van der Waals surface area contributed by atoms with Crippen molar-refractivity contribution in [1.82, 2.24) is 5.32 Å². The highest BCUT2D eigenvalue weighted by Crippen LogP contribution is 2.33. The Morgan fingerprint density at radius 2 is 2.12 bits per heavy atom. The number of ether oxygens (including phenoxy) is 1. The van der Waals surface area contributed by atoms with Crippen LogP contribution in [0.2, 0.25) is 0 Å². The Labute approximate surface area is 155 Å². The average molecular weight is 373 g/mol. The molecule has 1 aromatic carbocycles. The number of carbonyl (C=O) groups excluding carboxylic acids is 3. The lowest BCUT2D eigenvalue weighted by Gasteiger charge is -2.19. The van der Waals surface area contributed by atoms with E-state index >= 15 is 0 Å². The van der Waals surface area contributed by atoms with E-state index in [1.165, 1.54) is 18.4 Å². The number of nitrogens with one attached hydrogen (secondary N) is 2. The van der Waals surface area contributed by atoms with Crippen molar-refractivity contribution >= 4 is 40.4 Å². The number of hydrogen-bond donors (Lipinski definition) is 2. The molecule has 8 heteroatoms. The predicted molar refractivity (Wildman–Crippen MR) is 99.4 cm³/mol. The molecule has 0 bridgehead atoms. The lowest BCUT2D eigenvalue weighted by molar-refractivity contribution is -0.136. The number of nitrogens with zero attached hydrogens (tertiary/aromatic N) is 1. The molecule has 0 aliphatic carbocycles. The van der Waals surface area contributed by atoms with E-state index in [0.29, 0.717) is 36.6 Å². The molecule has 2 heterocycles. The third-order valence-electron chi connectivity index (χ3n) is 4.01.